The van der Waals surface area contributed by atoms with Gasteiger partial charge in [-0.25, -0.2) is 4.68 Å². The van der Waals surface area contributed by atoms with Crippen molar-refractivity contribution in [2.45, 2.75) is 39.3 Å². The van der Waals surface area contributed by atoms with Gasteiger partial charge in [0.2, 0.25) is 5.88 Å². The van der Waals surface area contributed by atoms with Crippen LogP contribution in [-0.2, 0) is 13.0 Å². The van der Waals surface area contributed by atoms with Crippen LogP contribution < -0.4 is 9.47 Å². The van der Waals surface area contributed by atoms with E-state index in [1.807, 2.05) is 84.4 Å². The second-order valence-corrected chi connectivity index (χ2v) is 8.97. The van der Waals surface area contributed by atoms with Crippen LogP contribution in [0.4, 0.5) is 0 Å². The fourth-order valence-corrected chi connectivity index (χ4v) is 4.35. The van der Waals surface area contributed by atoms with Gasteiger partial charge in [-0.15, -0.1) is 0 Å². The van der Waals surface area contributed by atoms with Crippen molar-refractivity contribution in [2.24, 2.45) is 0 Å². The molecule has 1 aromatic heterocycles. The van der Waals surface area contributed by atoms with Crippen LogP contribution in [-0.4, -0.2) is 46.1 Å². The maximum atomic E-state index is 10.9. The summed E-state index contributed by atoms with van der Waals surface area (Å²) in [5.74, 6) is 2.17. The smallest absolute Gasteiger partial charge is 0.227 e. The molecule has 0 saturated heterocycles. The summed E-state index contributed by atoms with van der Waals surface area (Å²) in [4.78, 5) is 2.29. The van der Waals surface area contributed by atoms with Crippen molar-refractivity contribution >= 4 is 0 Å². The molecule has 188 valence electrons. The van der Waals surface area contributed by atoms with Gasteiger partial charge in [0.25, 0.3) is 0 Å². The summed E-state index contributed by atoms with van der Waals surface area (Å²) in [6.07, 6.45) is 1.14. The number of rotatable bonds is 12. The third-order valence-corrected chi connectivity index (χ3v) is 6.12. The third kappa shape index (κ3) is 6.53. The Morgan fingerprint density at radius 2 is 1.56 bits per heavy atom. The van der Waals surface area contributed by atoms with Crippen molar-refractivity contribution in [3.63, 3.8) is 0 Å². The highest BCUT2D eigenvalue weighted by molar-refractivity contribution is 5.44. The zero-order valence-corrected chi connectivity index (χ0v) is 21.3. The lowest BCUT2D eigenvalue weighted by Crippen LogP contribution is -2.34. The van der Waals surface area contributed by atoms with Crippen LogP contribution in [0.1, 0.15) is 30.2 Å². The molecule has 6 heteroatoms. The van der Waals surface area contributed by atoms with Crippen LogP contribution in [0.15, 0.2) is 84.9 Å². The number of nitrogens with zero attached hydrogens (tertiary/aromatic N) is 3. The molecule has 0 spiro atoms. The standard InChI is InChI=1S/C30H35N3O3/c1-4-19-32(21-26(34)20-24-11-7-5-8-12-24)22-29-23(2)31-33(25-13-9-6-10-14-25)30(29)36-28-17-15-27(35-3)16-18-28/h5-18,26,34H,4,19-22H2,1-3H3/t26-/m1/s1. The molecule has 3 aromatic carbocycles. The van der Waals surface area contributed by atoms with E-state index in [-0.39, 0.29) is 0 Å². The van der Waals surface area contributed by atoms with E-state index in [2.05, 4.69) is 24.0 Å². The Hall–Kier alpha value is -3.61. The molecular formula is C30H35N3O3. The van der Waals surface area contributed by atoms with Gasteiger partial charge in [0.05, 0.1) is 30.2 Å². The summed E-state index contributed by atoms with van der Waals surface area (Å²) in [5.41, 5.74) is 3.98. The van der Waals surface area contributed by atoms with Gasteiger partial charge >= 0.3 is 0 Å². The number of aryl methyl sites for hydroxylation is 1. The summed E-state index contributed by atoms with van der Waals surface area (Å²) >= 11 is 0. The zero-order chi connectivity index (χ0) is 25.3. The van der Waals surface area contributed by atoms with Crippen LogP contribution in [0, 0.1) is 6.92 Å². The molecule has 0 radical (unpaired) electrons. The summed E-state index contributed by atoms with van der Waals surface area (Å²) in [6.45, 7) is 6.24. The van der Waals surface area contributed by atoms with Crippen LogP contribution >= 0.6 is 0 Å². The van der Waals surface area contributed by atoms with E-state index in [1.54, 1.807) is 7.11 Å². The van der Waals surface area contributed by atoms with E-state index in [9.17, 15) is 5.11 Å². The molecule has 0 unspecified atom stereocenters. The molecular weight excluding hydrogens is 450 g/mol. The van der Waals surface area contributed by atoms with Gasteiger partial charge in [-0.2, -0.15) is 5.10 Å². The highest BCUT2D eigenvalue weighted by Gasteiger charge is 2.22. The van der Waals surface area contributed by atoms with Gasteiger partial charge in [0, 0.05) is 13.1 Å². The van der Waals surface area contributed by atoms with Gasteiger partial charge < -0.3 is 14.6 Å². The number of aliphatic hydroxyl groups excluding tert-OH is 1. The van der Waals surface area contributed by atoms with Crippen molar-refractivity contribution in [1.82, 2.24) is 14.7 Å². The molecule has 0 aliphatic carbocycles. The Morgan fingerprint density at radius 1 is 0.917 bits per heavy atom. The highest BCUT2D eigenvalue weighted by Crippen LogP contribution is 2.32. The fraction of sp³-hybridized carbons (Fsp3) is 0.300. The SMILES string of the molecule is CCCN(Cc1c(C)nn(-c2ccccc2)c1Oc1ccc(OC)cc1)C[C@H](O)Cc1ccccc1. The largest absolute Gasteiger partial charge is 0.497 e. The first kappa shape index (κ1) is 25.5. The zero-order valence-electron chi connectivity index (χ0n) is 21.3. The first-order valence-electron chi connectivity index (χ1n) is 12.5. The maximum absolute atomic E-state index is 10.9. The maximum Gasteiger partial charge on any atom is 0.227 e. The average Bonchev–Trinajstić information content (AvgIpc) is 3.20. The van der Waals surface area contributed by atoms with Gasteiger partial charge in [-0.3, -0.25) is 4.90 Å². The molecule has 1 atom stereocenters. The number of methoxy groups -OCH3 is 1. The minimum absolute atomic E-state index is 0.464. The summed E-state index contributed by atoms with van der Waals surface area (Å²) in [6, 6.07) is 27.7. The molecule has 6 nitrogen and oxygen atoms in total. The topological polar surface area (TPSA) is 59.8 Å². The molecule has 1 heterocycles. The van der Waals surface area contributed by atoms with Gasteiger partial charge in [-0.05, 0) is 68.3 Å². The molecule has 0 aliphatic heterocycles. The van der Waals surface area contributed by atoms with E-state index in [0.717, 1.165) is 41.2 Å². The Morgan fingerprint density at radius 3 is 2.19 bits per heavy atom. The third-order valence-electron chi connectivity index (χ3n) is 6.12. The Bertz CT molecular complexity index is 1210. The van der Waals surface area contributed by atoms with Gasteiger partial charge in [0.15, 0.2) is 0 Å². The molecule has 4 aromatic rings. The minimum atomic E-state index is -0.464. The van der Waals surface area contributed by atoms with Crippen molar-refractivity contribution in [3.05, 3.63) is 102 Å². The number of hydrogen-bond acceptors (Lipinski definition) is 5. The number of benzene rings is 3. The van der Waals surface area contributed by atoms with Crippen molar-refractivity contribution in [3.8, 4) is 23.1 Å². The average molecular weight is 486 g/mol. The van der Waals surface area contributed by atoms with Crippen LogP contribution in [0.3, 0.4) is 0 Å². The molecule has 4 rings (SSSR count). The van der Waals surface area contributed by atoms with E-state index < -0.39 is 6.10 Å². The number of aromatic nitrogens is 2. The molecule has 0 amide bonds. The molecule has 36 heavy (non-hydrogen) atoms. The predicted molar refractivity (Wildman–Crippen MR) is 143 cm³/mol. The lowest BCUT2D eigenvalue weighted by atomic mass is 10.1. The molecule has 0 fully saturated rings. The predicted octanol–water partition coefficient (Wildman–Crippen LogP) is 5.80. The van der Waals surface area contributed by atoms with Crippen molar-refractivity contribution in [1.29, 1.82) is 0 Å². The quantitative estimate of drug-likeness (QED) is 0.275. The van der Waals surface area contributed by atoms with Crippen LogP contribution in [0.25, 0.3) is 5.69 Å². The van der Waals surface area contributed by atoms with E-state index in [1.165, 1.54) is 0 Å². The Labute approximate surface area is 213 Å². The number of aliphatic hydroxyl groups is 1. The summed E-state index contributed by atoms with van der Waals surface area (Å²) in [5, 5.41) is 15.7. The lowest BCUT2D eigenvalue weighted by molar-refractivity contribution is 0.108. The second-order valence-electron chi connectivity index (χ2n) is 8.97. The van der Waals surface area contributed by atoms with Crippen LogP contribution in [0.5, 0.6) is 17.4 Å². The first-order valence-corrected chi connectivity index (χ1v) is 12.5. The van der Waals surface area contributed by atoms with Crippen molar-refractivity contribution < 1.29 is 14.6 Å². The molecule has 0 aliphatic rings. The minimum Gasteiger partial charge on any atom is -0.497 e. The summed E-state index contributed by atoms with van der Waals surface area (Å²) in [7, 11) is 1.65. The Balaban J connectivity index is 1.62. The Kier molecular flexibility index (Phi) is 8.76. The monoisotopic (exact) mass is 485 g/mol. The van der Waals surface area contributed by atoms with E-state index in [4.69, 9.17) is 14.6 Å². The number of hydrogen-bond donors (Lipinski definition) is 1. The fourth-order valence-electron chi connectivity index (χ4n) is 4.35. The van der Waals surface area contributed by atoms with Crippen molar-refractivity contribution in [2.75, 3.05) is 20.2 Å². The first-order chi connectivity index (χ1) is 17.6. The lowest BCUT2D eigenvalue weighted by Gasteiger charge is -2.25. The highest BCUT2D eigenvalue weighted by atomic mass is 16.5. The molecule has 1 N–H and O–H groups in total. The van der Waals surface area contributed by atoms with Gasteiger partial charge in [0.1, 0.15) is 11.5 Å². The number of ether oxygens (including phenoxy) is 2. The summed E-state index contributed by atoms with van der Waals surface area (Å²) < 4.78 is 13.6. The number of para-hydroxylation sites is 1. The second kappa shape index (κ2) is 12.4. The van der Waals surface area contributed by atoms with Gasteiger partial charge in [-0.1, -0.05) is 55.5 Å². The van der Waals surface area contributed by atoms with E-state index >= 15 is 0 Å². The molecule has 0 bridgehead atoms. The molecule has 0 saturated carbocycles. The normalized spacial score (nSPS) is 12.0. The van der Waals surface area contributed by atoms with E-state index in [0.29, 0.717) is 31.1 Å². The van der Waals surface area contributed by atoms with Crippen LogP contribution in [0.2, 0.25) is 0 Å².